The van der Waals surface area contributed by atoms with Gasteiger partial charge in [-0.15, -0.1) is 0 Å². The maximum atomic E-state index is 11.1. The van der Waals surface area contributed by atoms with Crippen molar-refractivity contribution in [2.24, 2.45) is 9.98 Å². The average molecular weight is 302 g/mol. The van der Waals surface area contributed by atoms with Crippen LogP contribution in [-0.2, 0) is 17.1 Å². The van der Waals surface area contributed by atoms with E-state index in [0.717, 1.165) is 0 Å². The van der Waals surface area contributed by atoms with Gasteiger partial charge in [-0.25, -0.2) is 0 Å². The Morgan fingerprint density at radius 2 is 1.32 bits per heavy atom. The molecule has 0 bridgehead atoms. The van der Waals surface area contributed by atoms with Crippen LogP contribution in [0.4, 0.5) is 0 Å². The van der Waals surface area contributed by atoms with Gasteiger partial charge in [-0.1, -0.05) is 11.5 Å². The summed E-state index contributed by atoms with van der Waals surface area (Å²) in [5, 5.41) is 22.1. The second-order valence-corrected chi connectivity index (χ2v) is 3.37. The Hall–Kier alpha value is -1.98. The molecule has 0 aliphatic carbocycles. The van der Waals surface area contributed by atoms with Crippen molar-refractivity contribution in [3.05, 3.63) is 36.2 Å². The Labute approximate surface area is 120 Å². The molecule has 6 nitrogen and oxygen atoms in total. The second-order valence-electron chi connectivity index (χ2n) is 3.37. The van der Waals surface area contributed by atoms with E-state index in [1.807, 2.05) is 0 Å². The third kappa shape index (κ3) is 4.31. The molecule has 19 heavy (non-hydrogen) atoms. The number of hydrogen-bond donors (Lipinski definition) is 0. The van der Waals surface area contributed by atoms with Crippen LogP contribution in [-0.4, -0.2) is 25.5 Å². The summed E-state index contributed by atoms with van der Waals surface area (Å²) in [5.74, 6) is 0.00128. The van der Waals surface area contributed by atoms with E-state index in [1.165, 1.54) is 37.1 Å². The fraction of sp³-hybridized carbons (Fsp3) is 0.167. The standard InChI is InChI=1S/C12H12N2O4.Fe/c15-9-1-5-17-11(9)7-13-3-4-14-8-12-10(16)2-6-18-12;/h1-2,5-8,15-16H,3-4H2;/q;+2/p-2. The second kappa shape index (κ2) is 7.45. The average Bonchev–Trinajstić information content (AvgIpc) is 2.94. The van der Waals surface area contributed by atoms with Crippen LogP contribution in [0.2, 0.25) is 0 Å². The molecule has 2 aromatic rings. The molecule has 0 fully saturated rings. The summed E-state index contributed by atoms with van der Waals surface area (Å²) in [5.41, 5.74) is 0. The summed E-state index contributed by atoms with van der Waals surface area (Å²) in [6.07, 6.45) is 5.36. The number of hydrogen-bond acceptors (Lipinski definition) is 6. The first-order chi connectivity index (χ1) is 8.77. The molecule has 0 aromatic carbocycles. The Balaban J connectivity index is 0.00000180. The van der Waals surface area contributed by atoms with Gasteiger partial charge in [0.25, 0.3) is 0 Å². The summed E-state index contributed by atoms with van der Waals surface area (Å²) in [4.78, 5) is 7.95. The molecule has 0 N–H and O–H groups in total. The minimum atomic E-state index is -0.200. The molecule has 0 atom stereocenters. The van der Waals surface area contributed by atoms with E-state index in [-0.39, 0.29) is 40.1 Å². The molecule has 0 radical (unpaired) electrons. The molecular weight excluding hydrogens is 292 g/mol. The molecule has 2 aromatic heterocycles. The molecule has 0 aliphatic rings. The quantitative estimate of drug-likeness (QED) is 0.458. The van der Waals surface area contributed by atoms with E-state index in [1.54, 1.807) is 0 Å². The van der Waals surface area contributed by atoms with E-state index in [9.17, 15) is 10.2 Å². The summed E-state index contributed by atoms with van der Waals surface area (Å²) < 4.78 is 9.78. The SMILES string of the molecule is [Fe+2].[O-]c1ccoc1C=NCCN=Cc1occc1[O-]. The van der Waals surface area contributed by atoms with Gasteiger partial charge in [0, 0.05) is 0 Å². The molecular formula is C12H10FeN2O4. The normalized spacial score (nSPS) is 11.2. The van der Waals surface area contributed by atoms with Crippen molar-refractivity contribution >= 4 is 12.4 Å². The fourth-order valence-electron chi connectivity index (χ4n) is 1.22. The van der Waals surface area contributed by atoms with E-state index in [0.29, 0.717) is 13.1 Å². The number of nitrogens with zero attached hydrogens (tertiary/aromatic N) is 2. The summed E-state index contributed by atoms with van der Waals surface area (Å²) >= 11 is 0. The van der Waals surface area contributed by atoms with Gasteiger partial charge < -0.3 is 19.0 Å². The third-order valence-corrected chi connectivity index (χ3v) is 2.09. The largest absolute Gasteiger partial charge is 2.00 e. The first-order valence-corrected chi connectivity index (χ1v) is 5.26. The minimum Gasteiger partial charge on any atom is -0.870 e. The third-order valence-electron chi connectivity index (χ3n) is 2.09. The molecule has 7 heteroatoms. The summed E-state index contributed by atoms with van der Waals surface area (Å²) in [6.45, 7) is 0.789. The van der Waals surface area contributed by atoms with Crippen LogP contribution in [0.1, 0.15) is 11.5 Å². The van der Waals surface area contributed by atoms with E-state index in [4.69, 9.17) is 8.83 Å². The zero-order valence-electron chi connectivity index (χ0n) is 9.76. The summed E-state index contributed by atoms with van der Waals surface area (Å²) in [6, 6.07) is 2.65. The number of furan rings is 2. The van der Waals surface area contributed by atoms with Gasteiger partial charge in [0.1, 0.15) is 11.5 Å². The van der Waals surface area contributed by atoms with E-state index >= 15 is 0 Å². The van der Waals surface area contributed by atoms with Crippen LogP contribution >= 0.6 is 0 Å². The van der Waals surface area contributed by atoms with Gasteiger partial charge in [0.2, 0.25) is 0 Å². The Kier molecular flexibility index (Phi) is 5.91. The van der Waals surface area contributed by atoms with Crippen LogP contribution in [0.15, 0.2) is 43.5 Å². The van der Waals surface area contributed by atoms with Crippen LogP contribution < -0.4 is 10.2 Å². The van der Waals surface area contributed by atoms with Crippen molar-refractivity contribution in [1.29, 1.82) is 0 Å². The number of aliphatic imine (C=N–C) groups is 2. The monoisotopic (exact) mass is 302 g/mol. The van der Waals surface area contributed by atoms with Crippen molar-refractivity contribution in [2.45, 2.75) is 0 Å². The van der Waals surface area contributed by atoms with Gasteiger partial charge in [-0.2, -0.15) is 0 Å². The Bertz CT molecular complexity index is 509. The van der Waals surface area contributed by atoms with Gasteiger partial charge >= 0.3 is 17.1 Å². The van der Waals surface area contributed by atoms with E-state index in [2.05, 4.69) is 9.98 Å². The van der Waals surface area contributed by atoms with Crippen molar-refractivity contribution in [1.82, 2.24) is 0 Å². The van der Waals surface area contributed by atoms with Crippen LogP contribution in [0.3, 0.4) is 0 Å². The Morgan fingerprint density at radius 3 is 1.63 bits per heavy atom. The molecule has 0 saturated carbocycles. The smallest absolute Gasteiger partial charge is 0.870 e. The van der Waals surface area contributed by atoms with Crippen LogP contribution in [0.25, 0.3) is 0 Å². The van der Waals surface area contributed by atoms with Crippen molar-refractivity contribution in [3.8, 4) is 11.5 Å². The molecule has 0 amide bonds. The zero-order valence-corrected chi connectivity index (χ0v) is 10.9. The van der Waals surface area contributed by atoms with Crippen molar-refractivity contribution in [3.63, 3.8) is 0 Å². The summed E-state index contributed by atoms with van der Waals surface area (Å²) in [7, 11) is 0. The molecule has 0 spiro atoms. The minimum absolute atomic E-state index is 0. The predicted octanol–water partition coefficient (Wildman–Crippen LogP) is 0.555. The molecule has 0 aliphatic heterocycles. The van der Waals surface area contributed by atoms with Gasteiger partial charge in [-0.3, -0.25) is 9.98 Å². The maximum absolute atomic E-state index is 11.1. The van der Waals surface area contributed by atoms with Crippen LogP contribution in [0, 0.1) is 0 Å². The number of rotatable bonds is 5. The van der Waals surface area contributed by atoms with E-state index < -0.39 is 0 Å². The predicted molar refractivity (Wildman–Crippen MR) is 61.2 cm³/mol. The van der Waals surface area contributed by atoms with Crippen molar-refractivity contribution < 1.29 is 36.1 Å². The first kappa shape index (κ1) is 15.1. The first-order valence-electron chi connectivity index (χ1n) is 5.26. The van der Waals surface area contributed by atoms with Crippen LogP contribution in [0.5, 0.6) is 11.5 Å². The molecule has 0 saturated heterocycles. The van der Waals surface area contributed by atoms with Gasteiger partial charge in [-0.05, 0) is 12.1 Å². The molecule has 2 rings (SSSR count). The topological polar surface area (TPSA) is 97.1 Å². The zero-order chi connectivity index (χ0) is 12.8. The Morgan fingerprint density at radius 1 is 0.895 bits per heavy atom. The fourth-order valence-corrected chi connectivity index (χ4v) is 1.22. The van der Waals surface area contributed by atoms with Gasteiger partial charge in [0.15, 0.2) is 0 Å². The molecule has 0 unspecified atom stereocenters. The molecule has 100 valence electrons. The van der Waals surface area contributed by atoms with Crippen molar-refractivity contribution in [2.75, 3.05) is 13.1 Å². The molecule has 2 heterocycles. The van der Waals surface area contributed by atoms with Gasteiger partial charge in [0.05, 0.1) is 38.0 Å². The maximum Gasteiger partial charge on any atom is 2.00 e.